The quantitative estimate of drug-likeness (QED) is 0.243. The maximum absolute atomic E-state index is 12.0. The van der Waals surface area contributed by atoms with E-state index in [1.54, 1.807) is 0 Å². The highest BCUT2D eigenvalue weighted by Gasteiger charge is 2.45. The van der Waals surface area contributed by atoms with E-state index >= 15 is 0 Å². The number of ether oxygens (including phenoxy) is 1. The van der Waals surface area contributed by atoms with Crippen molar-refractivity contribution in [3.05, 3.63) is 12.7 Å². The van der Waals surface area contributed by atoms with Crippen LogP contribution in [0.3, 0.4) is 0 Å². The highest BCUT2D eigenvalue weighted by atomic mass is 31.3. The zero-order chi connectivity index (χ0) is 20.0. The number of hydrogen-bond donors (Lipinski definition) is 5. The van der Waals surface area contributed by atoms with Crippen LogP contribution in [-0.4, -0.2) is 72.0 Å². The molecule has 0 bridgehead atoms. The van der Waals surface area contributed by atoms with Crippen LogP contribution in [0.1, 0.15) is 6.23 Å². The van der Waals surface area contributed by atoms with Gasteiger partial charge in [-0.15, -0.1) is 0 Å². The van der Waals surface area contributed by atoms with Gasteiger partial charge in [-0.1, -0.05) is 0 Å². The summed E-state index contributed by atoms with van der Waals surface area (Å²) in [6.45, 7) is -0.501. The Kier molecular flexibility index (Phi) is 5.43. The number of nitrogens with two attached hydrogens (primary N) is 1. The van der Waals surface area contributed by atoms with Gasteiger partial charge in [-0.25, -0.2) is 23.8 Å². The van der Waals surface area contributed by atoms with Crippen LogP contribution in [0.2, 0.25) is 0 Å². The average molecular weight is 424 g/mol. The molecule has 6 N–H and O–H groups in total. The summed E-state index contributed by atoms with van der Waals surface area (Å²) in [4.78, 5) is 29.4. The molecule has 17 heteroatoms. The van der Waals surface area contributed by atoms with Gasteiger partial charge in [0.2, 0.25) is 0 Å². The minimum Gasteiger partial charge on any atom is -0.387 e. The molecule has 0 aliphatic carbocycles. The molecule has 0 radical (unpaired) electrons. The number of phosphoric acid groups is 1. The van der Waals surface area contributed by atoms with E-state index in [9.17, 15) is 19.3 Å². The molecular weight excluding hydrogens is 407 g/mol. The summed E-state index contributed by atoms with van der Waals surface area (Å²) in [5, 5.41) is 20.5. The summed E-state index contributed by atoms with van der Waals surface area (Å²) in [5.74, 6) is 0.127. The first-order valence-corrected chi connectivity index (χ1v) is 9.60. The highest BCUT2D eigenvalue weighted by molar-refractivity contribution is 7.83. The van der Waals surface area contributed by atoms with Crippen molar-refractivity contribution in [2.24, 2.45) is 0 Å². The number of nitrogens with zero attached hydrogens (tertiary/aromatic N) is 4. The second-order valence-electron chi connectivity index (χ2n) is 5.22. The Bertz CT molecular complexity index is 937. The Morgan fingerprint density at radius 2 is 1.96 bits per heavy atom. The Morgan fingerprint density at radius 1 is 1.26 bits per heavy atom. The lowest BCUT2D eigenvalue weighted by Gasteiger charge is -2.22. The molecule has 1 saturated heterocycles. The van der Waals surface area contributed by atoms with Crippen LogP contribution >= 0.6 is 15.3 Å². The van der Waals surface area contributed by atoms with Crippen LogP contribution in [-0.2, 0) is 22.7 Å². The molecule has 3 heterocycles. The van der Waals surface area contributed by atoms with Crippen LogP contribution in [0.4, 0.5) is 5.82 Å². The lowest BCUT2D eigenvalue weighted by molar-refractivity contribution is -0.0479. The van der Waals surface area contributed by atoms with E-state index in [1.807, 2.05) is 0 Å². The number of imidazole rings is 1. The normalized spacial score (nSPS) is 28.5. The van der Waals surface area contributed by atoms with E-state index in [0.29, 0.717) is 0 Å². The van der Waals surface area contributed by atoms with Crippen molar-refractivity contribution < 1.29 is 42.7 Å². The van der Waals surface area contributed by atoms with Gasteiger partial charge in [0.15, 0.2) is 25.2 Å². The van der Waals surface area contributed by atoms with Gasteiger partial charge in [0.05, 0.1) is 20.5 Å². The third-order valence-electron chi connectivity index (χ3n) is 3.52. The standard InChI is InChI=1S/C10H17BN5O9P2/c11-26(19,25-27(20,21)22)23-1-4-6(17)7(18)10(24-4)16-3-15-5-8(12)13-2-14-9(5)16/h2-4,6-7,10,17-18H,1H2,11H3,(H2,12,13,14)(H2,20,21,22)/q-1/t4-,6-,7-,10-,26?/m1/s1. The second-order valence-corrected chi connectivity index (χ2v) is 7.56. The molecule has 0 amide bonds. The average Bonchev–Trinajstić information content (AvgIpc) is 3.07. The van der Waals surface area contributed by atoms with Gasteiger partial charge in [-0.2, -0.15) is 0 Å². The van der Waals surface area contributed by atoms with Gasteiger partial charge in [-0.3, -0.25) is 4.57 Å². The van der Waals surface area contributed by atoms with E-state index in [2.05, 4.69) is 19.3 Å². The highest BCUT2D eigenvalue weighted by Crippen LogP contribution is 2.57. The first-order valence-electron chi connectivity index (χ1n) is 6.97. The lowest BCUT2D eigenvalue weighted by atomic mass is 10.1. The Hall–Kier alpha value is -1.41. The van der Waals surface area contributed by atoms with Gasteiger partial charge in [0.25, 0.3) is 0 Å². The molecule has 0 saturated carbocycles. The molecule has 27 heavy (non-hydrogen) atoms. The maximum atomic E-state index is 12.0. The predicted molar refractivity (Wildman–Crippen MR) is 92.3 cm³/mol. The third-order valence-corrected chi connectivity index (χ3v) is 5.26. The molecule has 1 aliphatic heterocycles. The maximum Gasteiger partial charge on any atom is 0.474 e. The fourth-order valence-corrected chi connectivity index (χ4v) is 3.55. The molecule has 0 aromatic carbocycles. The van der Waals surface area contributed by atoms with Gasteiger partial charge < -0.3 is 39.6 Å². The van der Waals surface area contributed by atoms with Crippen molar-refractivity contribution in [2.45, 2.75) is 24.5 Å². The van der Waals surface area contributed by atoms with Gasteiger partial charge in [0, 0.05) is 0 Å². The van der Waals surface area contributed by atoms with Crippen LogP contribution in [0.5, 0.6) is 0 Å². The topological polar surface area (TPSA) is 212 Å². The first-order chi connectivity index (χ1) is 12.5. The zero-order valence-electron chi connectivity index (χ0n) is 12.8. The van der Waals surface area contributed by atoms with Crippen LogP contribution in [0, 0.1) is 0 Å². The summed E-state index contributed by atoms with van der Waals surface area (Å²) in [7, 11) is -10.1. The summed E-state index contributed by atoms with van der Waals surface area (Å²) >= 11 is 0. The van der Waals surface area contributed by atoms with Crippen molar-refractivity contribution in [1.29, 1.82) is 0 Å². The minimum atomic E-state index is -4.98. The van der Waals surface area contributed by atoms with Crippen molar-refractivity contribution in [1.82, 2.24) is 19.5 Å². The fraction of sp³-hybridized carbons (Fsp3) is 0.500. The van der Waals surface area contributed by atoms with Crippen molar-refractivity contribution in [3.8, 4) is 0 Å². The molecule has 0 spiro atoms. The van der Waals surface area contributed by atoms with Crippen LogP contribution < -0.4 is 5.73 Å². The van der Waals surface area contributed by atoms with E-state index in [1.165, 1.54) is 17.2 Å². The van der Waals surface area contributed by atoms with Crippen LogP contribution in [0.25, 0.3) is 11.2 Å². The van der Waals surface area contributed by atoms with Crippen molar-refractivity contribution in [3.63, 3.8) is 0 Å². The molecule has 2 aromatic rings. The number of aliphatic hydroxyl groups is 2. The number of nitrogen functional groups attached to an aromatic ring is 1. The molecule has 1 aliphatic rings. The molecule has 3 rings (SSSR count). The molecule has 150 valence electrons. The fourth-order valence-electron chi connectivity index (χ4n) is 2.40. The number of rotatable bonds is 6. The second kappa shape index (κ2) is 7.20. The number of hydrogen-bond acceptors (Lipinski definition) is 11. The largest absolute Gasteiger partial charge is 0.474 e. The number of aliphatic hydroxyl groups excluding tert-OH is 2. The predicted octanol–water partition coefficient (Wildman–Crippen LogP) is -2.37. The summed E-state index contributed by atoms with van der Waals surface area (Å²) in [5.41, 5.74) is 6.25. The first kappa shape index (κ1) is 20.3. The van der Waals surface area contributed by atoms with E-state index in [0.717, 1.165) is 0 Å². The zero-order valence-corrected chi connectivity index (χ0v) is 14.6. The lowest BCUT2D eigenvalue weighted by Crippen LogP contribution is -2.33. The number of aromatic nitrogens is 4. The van der Waals surface area contributed by atoms with Crippen LogP contribution in [0.15, 0.2) is 12.7 Å². The summed E-state index contributed by atoms with van der Waals surface area (Å²) < 4.78 is 38.9. The van der Waals surface area contributed by atoms with Gasteiger partial charge >= 0.3 is 7.82 Å². The van der Waals surface area contributed by atoms with Crippen molar-refractivity contribution >= 4 is 39.8 Å². The Morgan fingerprint density at radius 3 is 2.63 bits per heavy atom. The van der Waals surface area contributed by atoms with E-state index in [-0.39, 0.29) is 17.0 Å². The SMILES string of the molecule is [BH3-]P(=O)(OC[C@H]1O[C@@H](n2cnc3c(N)ncnc32)[C@H](O)[C@@H]1O)OP(=O)(O)O. The number of anilines is 1. The Labute approximate surface area is 152 Å². The van der Waals surface area contributed by atoms with Gasteiger partial charge in [-0.05, 0) is 0 Å². The monoisotopic (exact) mass is 424 g/mol. The molecule has 5 atom stereocenters. The Balaban J connectivity index is 1.75. The van der Waals surface area contributed by atoms with E-state index < -0.39 is 54.0 Å². The van der Waals surface area contributed by atoms with Crippen molar-refractivity contribution in [2.75, 3.05) is 12.3 Å². The van der Waals surface area contributed by atoms with Gasteiger partial charge in [0.1, 0.15) is 30.2 Å². The third kappa shape index (κ3) is 4.37. The molecule has 14 nitrogen and oxygen atoms in total. The smallest absolute Gasteiger partial charge is 0.387 e. The van der Waals surface area contributed by atoms with E-state index in [4.69, 9.17) is 24.8 Å². The summed E-state index contributed by atoms with van der Waals surface area (Å²) in [6, 6.07) is 0. The summed E-state index contributed by atoms with van der Waals surface area (Å²) in [6.07, 6.45) is -2.55. The molecular formula is C10H17BN5O9P2-. The molecule has 1 unspecified atom stereocenters. The number of fused-ring (bicyclic) bond motifs is 1. The molecule has 1 fully saturated rings. The molecule has 2 aromatic heterocycles. The minimum absolute atomic E-state index is 0.127.